The lowest BCUT2D eigenvalue weighted by atomic mass is 9.92. The van der Waals surface area contributed by atoms with Crippen LogP contribution in [0.2, 0.25) is 0 Å². The highest BCUT2D eigenvalue weighted by Crippen LogP contribution is 2.32. The van der Waals surface area contributed by atoms with Crippen molar-refractivity contribution in [2.75, 3.05) is 40.4 Å². The van der Waals surface area contributed by atoms with Crippen molar-refractivity contribution in [3.63, 3.8) is 0 Å². The van der Waals surface area contributed by atoms with Crippen LogP contribution in [-0.2, 0) is 26.3 Å². The van der Waals surface area contributed by atoms with E-state index in [4.69, 9.17) is 18.9 Å². The first-order valence-electron chi connectivity index (χ1n) is 16.5. The van der Waals surface area contributed by atoms with Gasteiger partial charge in [-0.15, -0.1) is 0 Å². The highest BCUT2D eigenvalue weighted by atomic mass is 16.5. The Morgan fingerprint density at radius 3 is 1.35 bits per heavy atom. The van der Waals surface area contributed by atoms with Gasteiger partial charge in [-0.2, -0.15) is 9.97 Å². The molecule has 0 bridgehead atoms. The Labute approximate surface area is 273 Å². The number of pyridine rings is 2. The van der Waals surface area contributed by atoms with Crippen molar-refractivity contribution < 1.29 is 18.9 Å². The van der Waals surface area contributed by atoms with E-state index in [0.717, 1.165) is 61.5 Å². The summed E-state index contributed by atoms with van der Waals surface area (Å²) < 4.78 is 23.6. The third-order valence-corrected chi connectivity index (χ3v) is 9.33. The molecule has 0 unspecified atom stereocenters. The van der Waals surface area contributed by atoms with E-state index in [1.54, 1.807) is 14.2 Å². The van der Waals surface area contributed by atoms with Crippen LogP contribution in [-0.4, -0.2) is 60.2 Å². The van der Waals surface area contributed by atoms with E-state index in [-0.39, 0.29) is 0 Å². The Morgan fingerprint density at radius 1 is 0.543 bits per heavy atom. The van der Waals surface area contributed by atoms with Crippen LogP contribution in [0.25, 0.3) is 11.1 Å². The molecule has 242 valence electrons. The van der Waals surface area contributed by atoms with Crippen molar-refractivity contribution in [3.05, 3.63) is 94.0 Å². The number of likely N-dealkylation sites (tertiary alicyclic amines) is 2. The number of methoxy groups -OCH3 is 2. The first kappa shape index (κ1) is 31.8. The topological polar surface area (TPSA) is 69.2 Å². The van der Waals surface area contributed by atoms with E-state index >= 15 is 0 Å². The molecule has 8 heteroatoms. The first-order valence-corrected chi connectivity index (χ1v) is 16.5. The molecule has 2 fully saturated rings. The third kappa shape index (κ3) is 7.45. The van der Waals surface area contributed by atoms with Crippen LogP contribution in [0.4, 0.5) is 0 Å². The van der Waals surface area contributed by atoms with Gasteiger partial charge in [0.25, 0.3) is 0 Å². The Morgan fingerprint density at radius 2 is 0.957 bits per heavy atom. The van der Waals surface area contributed by atoms with Gasteiger partial charge < -0.3 is 18.9 Å². The van der Waals surface area contributed by atoms with Crippen LogP contribution in [0.15, 0.2) is 60.7 Å². The predicted molar refractivity (Wildman–Crippen MR) is 181 cm³/mol. The molecule has 8 nitrogen and oxygen atoms in total. The molecule has 46 heavy (non-hydrogen) atoms. The number of hydrogen-bond acceptors (Lipinski definition) is 8. The van der Waals surface area contributed by atoms with Gasteiger partial charge in [0.1, 0.15) is 13.2 Å². The molecule has 4 aromatic rings. The smallest absolute Gasteiger partial charge is 0.220 e. The first-order chi connectivity index (χ1) is 22.5. The summed E-state index contributed by atoms with van der Waals surface area (Å²) >= 11 is 0. The van der Waals surface area contributed by atoms with Crippen molar-refractivity contribution in [2.24, 2.45) is 0 Å². The molecule has 0 spiro atoms. The molecule has 0 saturated carbocycles. The highest BCUT2D eigenvalue weighted by molar-refractivity contribution is 5.72. The highest BCUT2D eigenvalue weighted by Gasteiger charge is 2.18. The monoisotopic (exact) mass is 622 g/mol. The summed E-state index contributed by atoms with van der Waals surface area (Å²) in [5, 5.41) is 0. The molecule has 2 aliphatic heterocycles. The number of benzene rings is 2. The van der Waals surface area contributed by atoms with Crippen LogP contribution in [0, 0.1) is 13.8 Å². The molecular formula is C38H46N4O4. The van der Waals surface area contributed by atoms with Crippen molar-refractivity contribution in [1.29, 1.82) is 0 Å². The number of ether oxygens (including phenoxy) is 4. The van der Waals surface area contributed by atoms with Crippen LogP contribution in [0.5, 0.6) is 23.5 Å². The van der Waals surface area contributed by atoms with Gasteiger partial charge in [0.05, 0.1) is 14.2 Å². The van der Waals surface area contributed by atoms with Gasteiger partial charge >= 0.3 is 0 Å². The average molecular weight is 623 g/mol. The maximum absolute atomic E-state index is 6.19. The Kier molecular flexibility index (Phi) is 10.4. The normalized spacial score (nSPS) is 15.3. The predicted octanol–water partition coefficient (Wildman–Crippen LogP) is 7.13. The molecule has 0 amide bonds. The minimum absolute atomic E-state index is 0.421. The van der Waals surface area contributed by atoms with Gasteiger partial charge in [0.2, 0.25) is 23.5 Å². The van der Waals surface area contributed by atoms with E-state index in [2.05, 4.69) is 82.1 Å². The fourth-order valence-corrected chi connectivity index (χ4v) is 6.59. The van der Waals surface area contributed by atoms with Crippen molar-refractivity contribution >= 4 is 0 Å². The third-order valence-electron chi connectivity index (χ3n) is 9.33. The van der Waals surface area contributed by atoms with Gasteiger partial charge in [-0.1, -0.05) is 36.4 Å². The van der Waals surface area contributed by atoms with Crippen LogP contribution >= 0.6 is 0 Å². The zero-order valence-corrected chi connectivity index (χ0v) is 27.7. The minimum atomic E-state index is 0.421. The molecule has 2 saturated heterocycles. The number of hydrogen-bond donors (Lipinski definition) is 0. The quantitative estimate of drug-likeness (QED) is 0.156. The Bertz CT molecular complexity index is 1510. The molecule has 6 rings (SSSR count). The minimum Gasteiger partial charge on any atom is -0.481 e. The molecule has 2 aromatic heterocycles. The van der Waals surface area contributed by atoms with E-state index in [9.17, 15) is 0 Å². The maximum atomic E-state index is 6.19. The van der Waals surface area contributed by atoms with Crippen molar-refractivity contribution in [3.8, 4) is 34.6 Å². The Balaban J connectivity index is 1.12. The van der Waals surface area contributed by atoms with Crippen molar-refractivity contribution in [2.45, 2.75) is 65.8 Å². The van der Waals surface area contributed by atoms with Gasteiger partial charge in [0.15, 0.2) is 0 Å². The molecule has 0 aliphatic carbocycles. The Hall–Kier alpha value is -4.14. The van der Waals surface area contributed by atoms with E-state index in [1.807, 2.05) is 12.1 Å². The standard InChI is InChI=1S/C38H46N4O4/c1-27-31(25-45-35-17-15-29(37(39-35)43-3)23-41-19-5-6-20-41)11-9-13-33(27)34-14-10-12-32(28(34)2)26-46-36-18-16-30(38(40-36)44-4)24-42-21-7-8-22-42/h9-18H,5-8,19-26H2,1-4H3. The van der Waals surface area contributed by atoms with Gasteiger partial charge in [0, 0.05) is 36.3 Å². The lowest BCUT2D eigenvalue weighted by molar-refractivity contribution is 0.281. The van der Waals surface area contributed by atoms with Crippen LogP contribution in [0.1, 0.15) is 59.1 Å². The summed E-state index contributed by atoms with van der Waals surface area (Å²) in [7, 11) is 3.35. The van der Waals surface area contributed by atoms with E-state index in [1.165, 1.54) is 47.9 Å². The average Bonchev–Trinajstić information content (AvgIpc) is 3.80. The molecule has 2 aliphatic rings. The van der Waals surface area contributed by atoms with Crippen molar-refractivity contribution in [1.82, 2.24) is 19.8 Å². The summed E-state index contributed by atoms with van der Waals surface area (Å²) in [4.78, 5) is 14.2. The summed E-state index contributed by atoms with van der Waals surface area (Å²) in [5.74, 6) is 2.40. The summed E-state index contributed by atoms with van der Waals surface area (Å²) in [6.07, 6.45) is 5.03. The van der Waals surface area contributed by atoms with Gasteiger partial charge in [-0.05, 0) is 111 Å². The molecule has 4 heterocycles. The summed E-state index contributed by atoms with van der Waals surface area (Å²) in [5.41, 5.74) is 9.15. The SMILES string of the molecule is COc1nc(OCc2cccc(-c3cccc(COc4ccc(CN5CCCC5)c(OC)n4)c3C)c2C)ccc1CN1CCCC1. The van der Waals surface area contributed by atoms with Gasteiger partial charge in [-0.25, -0.2) is 0 Å². The fraction of sp³-hybridized carbons (Fsp3) is 0.421. The summed E-state index contributed by atoms with van der Waals surface area (Å²) in [6.45, 7) is 11.4. The van der Waals surface area contributed by atoms with E-state index in [0.29, 0.717) is 36.7 Å². The molecule has 2 aromatic carbocycles. The molecular weight excluding hydrogens is 576 g/mol. The van der Waals surface area contributed by atoms with Crippen LogP contribution < -0.4 is 18.9 Å². The second-order valence-electron chi connectivity index (χ2n) is 12.4. The zero-order valence-electron chi connectivity index (χ0n) is 27.7. The molecule has 0 N–H and O–H groups in total. The lowest BCUT2D eigenvalue weighted by Crippen LogP contribution is -2.19. The maximum Gasteiger partial charge on any atom is 0.220 e. The largest absolute Gasteiger partial charge is 0.481 e. The number of nitrogens with zero attached hydrogens (tertiary/aromatic N) is 4. The van der Waals surface area contributed by atoms with E-state index < -0.39 is 0 Å². The summed E-state index contributed by atoms with van der Waals surface area (Å²) in [6, 6.07) is 20.8. The number of rotatable bonds is 13. The lowest BCUT2D eigenvalue weighted by Gasteiger charge is -2.18. The van der Waals surface area contributed by atoms with Crippen LogP contribution in [0.3, 0.4) is 0 Å². The van der Waals surface area contributed by atoms with Gasteiger partial charge in [-0.3, -0.25) is 9.80 Å². The molecule has 0 radical (unpaired) electrons. The fourth-order valence-electron chi connectivity index (χ4n) is 6.59. The molecule has 0 atom stereocenters. The number of aromatic nitrogens is 2. The zero-order chi connectivity index (χ0) is 31.9. The second kappa shape index (κ2) is 15.0. The second-order valence-corrected chi connectivity index (χ2v) is 12.4.